The van der Waals surface area contributed by atoms with Crippen LogP contribution in [0.4, 0.5) is 0 Å². The van der Waals surface area contributed by atoms with Gasteiger partial charge < -0.3 is 5.32 Å². The van der Waals surface area contributed by atoms with Gasteiger partial charge in [-0.2, -0.15) is 0 Å². The fourth-order valence-electron chi connectivity index (χ4n) is 3.75. The molecule has 3 nitrogen and oxygen atoms in total. The van der Waals surface area contributed by atoms with E-state index in [1.54, 1.807) is 0 Å². The van der Waals surface area contributed by atoms with Crippen molar-refractivity contribution in [2.45, 2.75) is 58.0 Å². The van der Waals surface area contributed by atoms with Crippen LogP contribution in [0.15, 0.2) is 11.4 Å². The van der Waals surface area contributed by atoms with Crippen LogP contribution in [0.25, 0.3) is 0 Å². The summed E-state index contributed by atoms with van der Waals surface area (Å²) in [7, 11) is 0. The SMILES string of the molecule is C[C@@H]1CCCC[C@@H]1NC(=O)CN1CCc2sccc2[C@@H]1C. The summed E-state index contributed by atoms with van der Waals surface area (Å²) in [6.07, 6.45) is 6.07. The van der Waals surface area contributed by atoms with E-state index in [4.69, 9.17) is 0 Å². The van der Waals surface area contributed by atoms with E-state index < -0.39 is 0 Å². The van der Waals surface area contributed by atoms with E-state index in [0.717, 1.165) is 19.4 Å². The summed E-state index contributed by atoms with van der Waals surface area (Å²) in [5.41, 5.74) is 1.42. The summed E-state index contributed by atoms with van der Waals surface area (Å²) in [4.78, 5) is 16.2. The molecule has 0 unspecified atom stereocenters. The molecule has 1 aliphatic heterocycles. The second-order valence-electron chi connectivity index (χ2n) is 6.63. The van der Waals surface area contributed by atoms with E-state index in [9.17, 15) is 4.79 Å². The summed E-state index contributed by atoms with van der Waals surface area (Å²) in [6.45, 7) is 6.04. The van der Waals surface area contributed by atoms with Crippen molar-refractivity contribution in [2.75, 3.05) is 13.1 Å². The van der Waals surface area contributed by atoms with Gasteiger partial charge in [0.25, 0.3) is 0 Å². The number of thiophene rings is 1. The summed E-state index contributed by atoms with van der Waals surface area (Å²) >= 11 is 1.85. The van der Waals surface area contributed by atoms with Crippen LogP contribution in [0.2, 0.25) is 0 Å². The molecule has 0 saturated heterocycles. The Morgan fingerprint density at radius 1 is 1.38 bits per heavy atom. The highest BCUT2D eigenvalue weighted by molar-refractivity contribution is 7.10. The van der Waals surface area contributed by atoms with Gasteiger partial charge in [-0.05, 0) is 49.1 Å². The minimum Gasteiger partial charge on any atom is -0.352 e. The van der Waals surface area contributed by atoms with E-state index in [-0.39, 0.29) is 5.91 Å². The molecule has 0 aromatic carbocycles. The van der Waals surface area contributed by atoms with Crippen molar-refractivity contribution in [1.29, 1.82) is 0 Å². The Morgan fingerprint density at radius 3 is 3.00 bits per heavy atom. The maximum atomic E-state index is 12.4. The van der Waals surface area contributed by atoms with Gasteiger partial charge >= 0.3 is 0 Å². The largest absolute Gasteiger partial charge is 0.352 e. The molecule has 21 heavy (non-hydrogen) atoms. The van der Waals surface area contributed by atoms with Crippen molar-refractivity contribution < 1.29 is 4.79 Å². The first kappa shape index (κ1) is 15.0. The minimum atomic E-state index is 0.208. The Morgan fingerprint density at radius 2 is 2.19 bits per heavy atom. The predicted molar refractivity (Wildman–Crippen MR) is 87.6 cm³/mol. The van der Waals surface area contributed by atoms with Crippen molar-refractivity contribution in [3.8, 4) is 0 Å². The number of amides is 1. The van der Waals surface area contributed by atoms with Gasteiger partial charge in [0.05, 0.1) is 6.54 Å². The monoisotopic (exact) mass is 306 g/mol. The number of carbonyl (C=O) groups is 1. The molecular formula is C17H26N2OS. The van der Waals surface area contributed by atoms with Crippen LogP contribution in [0.3, 0.4) is 0 Å². The molecular weight excluding hydrogens is 280 g/mol. The number of rotatable bonds is 3. The highest BCUT2D eigenvalue weighted by atomic mass is 32.1. The molecule has 1 amide bonds. The second-order valence-corrected chi connectivity index (χ2v) is 7.63. The van der Waals surface area contributed by atoms with Crippen LogP contribution >= 0.6 is 11.3 Å². The molecule has 116 valence electrons. The highest BCUT2D eigenvalue weighted by Gasteiger charge is 2.28. The van der Waals surface area contributed by atoms with Crippen molar-refractivity contribution >= 4 is 17.2 Å². The number of nitrogens with one attached hydrogen (secondary N) is 1. The lowest BCUT2D eigenvalue weighted by molar-refractivity contribution is -0.124. The maximum absolute atomic E-state index is 12.4. The molecule has 2 heterocycles. The average molecular weight is 306 g/mol. The van der Waals surface area contributed by atoms with Crippen LogP contribution in [0.5, 0.6) is 0 Å². The second kappa shape index (κ2) is 6.49. The van der Waals surface area contributed by atoms with E-state index in [1.807, 2.05) is 11.3 Å². The molecule has 1 aromatic heterocycles. The first-order valence-corrected chi connectivity index (χ1v) is 9.13. The van der Waals surface area contributed by atoms with Crippen LogP contribution in [0, 0.1) is 5.92 Å². The molecule has 0 spiro atoms. The van der Waals surface area contributed by atoms with Gasteiger partial charge in [0, 0.05) is 23.5 Å². The Kier molecular flexibility index (Phi) is 4.65. The molecule has 1 fully saturated rings. The highest BCUT2D eigenvalue weighted by Crippen LogP contribution is 2.32. The van der Waals surface area contributed by atoms with E-state index in [2.05, 4.69) is 35.5 Å². The zero-order valence-electron chi connectivity index (χ0n) is 13.1. The van der Waals surface area contributed by atoms with Crippen molar-refractivity contribution in [3.63, 3.8) is 0 Å². The van der Waals surface area contributed by atoms with E-state index in [1.165, 1.54) is 29.7 Å². The van der Waals surface area contributed by atoms with Crippen molar-refractivity contribution in [1.82, 2.24) is 10.2 Å². The van der Waals surface area contributed by atoms with Crippen LogP contribution in [-0.4, -0.2) is 29.9 Å². The van der Waals surface area contributed by atoms with Crippen molar-refractivity contribution in [2.24, 2.45) is 5.92 Å². The Balaban J connectivity index is 1.56. The zero-order valence-corrected chi connectivity index (χ0v) is 13.9. The third-order valence-corrected chi connectivity index (χ3v) is 6.20. The molecule has 2 aliphatic rings. The zero-order chi connectivity index (χ0) is 14.8. The lowest BCUT2D eigenvalue weighted by Gasteiger charge is -2.34. The molecule has 3 atom stereocenters. The predicted octanol–water partition coefficient (Wildman–Crippen LogP) is 3.36. The van der Waals surface area contributed by atoms with Gasteiger partial charge in [0.15, 0.2) is 0 Å². The first-order valence-electron chi connectivity index (χ1n) is 8.25. The van der Waals surface area contributed by atoms with Gasteiger partial charge in [-0.15, -0.1) is 11.3 Å². The molecule has 3 rings (SSSR count). The molecule has 4 heteroatoms. The molecule has 0 radical (unpaired) electrons. The minimum absolute atomic E-state index is 0.208. The van der Waals surface area contributed by atoms with E-state index in [0.29, 0.717) is 24.5 Å². The standard InChI is InChI=1S/C17H26N2OS/c1-12-5-3-4-6-15(12)18-17(20)11-19-9-7-16-14(13(19)2)8-10-21-16/h8,10,12-13,15H,3-7,9,11H2,1-2H3,(H,18,20)/t12-,13+,15+/m1/s1. The van der Waals surface area contributed by atoms with Gasteiger partial charge in [0.2, 0.25) is 5.91 Å². The lowest BCUT2D eigenvalue weighted by atomic mass is 9.86. The summed E-state index contributed by atoms with van der Waals surface area (Å²) in [5.74, 6) is 0.837. The van der Waals surface area contributed by atoms with Crippen LogP contribution in [-0.2, 0) is 11.2 Å². The lowest BCUT2D eigenvalue weighted by Crippen LogP contribution is -2.47. The van der Waals surface area contributed by atoms with Gasteiger partial charge in [-0.1, -0.05) is 19.8 Å². The summed E-state index contributed by atoms with van der Waals surface area (Å²) < 4.78 is 0. The third-order valence-electron chi connectivity index (χ3n) is 5.21. The molecule has 1 saturated carbocycles. The Bertz CT molecular complexity index is 499. The first-order chi connectivity index (χ1) is 10.1. The van der Waals surface area contributed by atoms with E-state index >= 15 is 0 Å². The molecule has 0 bridgehead atoms. The Hall–Kier alpha value is -0.870. The Labute approximate surface area is 131 Å². The van der Waals surface area contributed by atoms with Gasteiger partial charge in [-0.3, -0.25) is 9.69 Å². The fourth-order valence-corrected chi connectivity index (χ4v) is 4.71. The smallest absolute Gasteiger partial charge is 0.234 e. The maximum Gasteiger partial charge on any atom is 0.234 e. The average Bonchev–Trinajstić information content (AvgIpc) is 2.94. The quantitative estimate of drug-likeness (QED) is 0.928. The summed E-state index contributed by atoms with van der Waals surface area (Å²) in [5, 5.41) is 5.45. The number of carbonyl (C=O) groups excluding carboxylic acids is 1. The van der Waals surface area contributed by atoms with Gasteiger partial charge in [0.1, 0.15) is 0 Å². The van der Waals surface area contributed by atoms with Crippen LogP contribution in [0.1, 0.15) is 56.0 Å². The molecule has 1 N–H and O–H groups in total. The number of hydrogen-bond acceptors (Lipinski definition) is 3. The topological polar surface area (TPSA) is 32.3 Å². The summed E-state index contributed by atoms with van der Waals surface area (Å²) in [6, 6.07) is 2.98. The van der Waals surface area contributed by atoms with Gasteiger partial charge in [-0.25, -0.2) is 0 Å². The normalized spacial score (nSPS) is 29.9. The molecule has 1 aliphatic carbocycles. The number of fused-ring (bicyclic) bond motifs is 1. The molecule has 1 aromatic rings. The fraction of sp³-hybridized carbons (Fsp3) is 0.706. The third kappa shape index (κ3) is 3.32. The number of nitrogens with zero attached hydrogens (tertiary/aromatic N) is 1. The van der Waals surface area contributed by atoms with Crippen LogP contribution < -0.4 is 5.32 Å². The number of hydrogen-bond donors (Lipinski definition) is 1. The van der Waals surface area contributed by atoms with Crippen molar-refractivity contribution in [3.05, 3.63) is 21.9 Å².